The first-order chi connectivity index (χ1) is 8.62. The Labute approximate surface area is 107 Å². The standard InChI is InChI=1S/C14H17N3O/c1-13-6-16-8-14(12(13)18,9-17(7-13)10-16)11-4-2-3-5-15-11/h2-5H,6-10H2,1H3. The van der Waals surface area contributed by atoms with Crippen molar-refractivity contribution >= 4 is 5.78 Å². The number of pyridine rings is 1. The number of hydrogen-bond donors (Lipinski definition) is 0. The quantitative estimate of drug-likeness (QED) is 0.719. The van der Waals surface area contributed by atoms with Gasteiger partial charge in [0.1, 0.15) is 0 Å². The van der Waals surface area contributed by atoms with Crippen LogP contribution in [0.3, 0.4) is 0 Å². The highest BCUT2D eigenvalue weighted by Crippen LogP contribution is 2.46. The van der Waals surface area contributed by atoms with Crippen molar-refractivity contribution in [2.45, 2.75) is 12.3 Å². The number of nitrogens with zero attached hydrogens (tertiary/aromatic N) is 3. The lowest BCUT2D eigenvalue weighted by molar-refractivity contribution is -0.168. The normalized spacial score (nSPS) is 45.5. The molecule has 4 bridgehead atoms. The number of carbonyl (C=O) groups is 1. The fraction of sp³-hybridized carbons (Fsp3) is 0.571. The molecule has 0 amide bonds. The van der Waals surface area contributed by atoms with Crippen LogP contribution in [0.2, 0.25) is 0 Å². The van der Waals surface area contributed by atoms with Crippen LogP contribution in [-0.2, 0) is 10.2 Å². The number of hydrogen-bond acceptors (Lipinski definition) is 4. The maximum atomic E-state index is 12.9. The summed E-state index contributed by atoms with van der Waals surface area (Å²) >= 11 is 0. The predicted octanol–water partition coefficient (Wildman–Crippen LogP) is 0.497. The number of rotatable bonds is 1. The molecule has 2 atom stereocenters. The van der Waals surface area contributed by atoms with Gasteiger partial charge < -0.3 is 0 Å². The molecule has 4 saturated heterocycles. The molecule has 0 saturated carbocycles. The fourth-order valence-electron chi connectivity index (χ4n) is 4.23. The summed E-state index contributed by atoms with van der Waals surface area (Å²) in [7, 11) is 0. The van der Waals surface area contributed by atoms with Crippen LogP contribution < -0.4 is 0 Å². The molecule has 0 radical (unpaired) electrons. The molecule has 0 aliphatic carbocycles. The smallest absolute Gasteiger partial charge is 0.155 e. The second-order valence-corrected chi connectivity index (χ2v) is 6.30. The van der Waals surface area contributed by atoms with Gasteiger partial charge in [0, 0.05) is 32.4 Å². The number of aromatic nitrogens is 1. The molecule has 1 aromatic heterocycles. The van der Waals surface area contributed by atoms with Gasteiger partial charge in [0.15, 0.2) is 5.78 Å². The van der Waals surface area contributed by atoms with Crippen molar-refractivity contribution in [2.75, 3.05) is 32.8 Å². The summed E-state index contributed by atoms with van der Waals surface area (Å²) in [6.07, 6.45) is 1.80. The van der Waals surface area contributed by atoms with Crippen molar-refractivity contribution in [2.24, 2.45) is 5.41 Å². The molecular weight excluding hydrogens is 226 g/mol. The number of piperidine rings is 2. The third kappa shape index (κ3) is 1.17. The summed E-state index contributed by atoms with van der Waals surface area (Å²) in [6, 6.07) is 5.91. The maximum Gasteiger partial charge on any atom is 0.155 e. The van der Waals surface area contributed by atoms with Gasteiger partial charge in [-0.05, 0) is 12.1 Å². The molecule has 0 spiro atoms. The highest BCUT2D eigenvalue weighted by Gasteiger charge is 2.62. The minimum Gasteiger partial charge on any atom is -0.298 e. The topological polar surface area (TPSA) is 36.4 Å². The molecule has 18 heavy (non-hydrogen) atoms. The molecule has 5 heterocycles. The van der Waals surface area contributed by atoms with Gasteiger partial charge in [-0.15, -0.1) is 0 Å². The van der Waals surface area contributed by atoms with E-state index in [9.17, 15) is 4.79 Å². The van der Waals surface area contributed by atoms with Crippen LogP contribution in [0, 0.1) is 5.41 Å². The summed E-state index contributed by atoms with van der Waals surface area (Å²) in [5.41, 5.74) is 0.368. The molecule has 4 nitrogen and oxygen atoms in total. The lowest BCUT2D eigenvalue weighted by atomic mass is 9.60. The minimum atomic E-state index is -0.384. The number of ketones is 1. The Kier molecular flexibility index (Phi) is 1.89. The summed E-state index contributed by atoms with van der Waals surface area (Å²) < 4.78 is 0. The molecule has 1 aromatic rings. The van der Waals surface area contributed by atoms with E-state index < -0.39 is 0 Å². The predicted molar refractivity (Wildman–Crippen MR) is 67.0 cm³/mol. The number of Topliss-reactive ketones (excluding diaryl/α,β-unsaturated/α-hetero) is 1. The average molecular weight is 243 g/mol. The third-order valence-electron chi connectivity index (χ3n) is 4.67. The molecule has 0 N–H and O–H groups in total. The van der Waals surface area contributed by atoms with Crippen LogP contribution in [0.1, 0.15) is 12.6 Å². The Morgan fingerprint density at radius 3 is 2.50 bits per heavy atom. The fourth-order valence-corrected chi connectivity index (χ4v) is 4.23. The van der Waals surface area contributed by atoms with Crippen LogP contribution in [0.5, 0.6) is 0 Å². The zero-order valence-corrected chi connectivity index (χ0v) is 10.6. The second kappa shape index (κ2) is 3.19. The van der Waals surface area contributed by atoms with Gasteiger partial charge in [0.05, 0.1) is 23.2 Å². The van der Waals surface area contributed by atoms with E-state index in [1.54, 1.807) is 6.20 Å². The summed E-state index contributed by atoms with van der Waals surface area (Å²) in [5, 5.41) is 0. The third-order valence-corrected chi connectivity index (χ3v) is 4.67. The van der Waals surface area contributed by atoms with Crippen LogP contribution in [0.15, 0.2) is 24.4 Å². The van der Waals surface area contributed by atoms with Crippen molar-refractivity contribution < 1.29 is 4.79 Å². The molecule has 4 aliphatic rings. The molecule has 0 aromatic carbocycles. The van der Waals surface area contributed by atoms with E-state index in [4.69, 9.17) is 0 Å². The zero-order valence-electron chi connectivity index (χ0n) is 10.6. The van der Waals surface area contributed by atoms with Crippen molar-refractivity contribution in [3.63, 3.8) is 0 Å². The van der Waals surface area contributed by atoms with Crippen LogP contribution in [0.25, 0.3) is 0 Å². The van der Waals surface area contributed by atoms with E-state index in [2.05, 4.69) is 21.7 Å². The number of carbonyl (C=O) groups excluding carboxylic acids is 1. The SMILES string of the molecule is CC12CN3CN(C1)CC(c1ccccn1)(C3)C2=O. The Hall–Kier alpha value is -1.26. The van der Waals surface area contributed by atoms with Gasteiger partial charge >= 0.3 is 0 Å². The van der Waals surface area contributed by atoms with Crippen LogP contribution in [0.4, 0.5) is 0 Å². The molecule has 5 rings (SSSR count). The van der Waals surface area contributed by atoms with E-state index in [-0.39, 0.29) is 10.8 Å². The van der Waals surface area contributed by atoms with Crippen molar-refractivity contribution in [1.82, 2.24) is 14.8 Å². The average Bonchev–Trinajstić information content (AvgIpc) is 2.36. The van der Waals surface area contributed by atoms with Crippen molar-refractivity contribution in [3.8, 4) is 0 Å². The Bertz CT molecular complexity index is 499. The zero-order chi connectivity index (χ0) is 12.4. The molecule has 94 valence electrons. The minimum absolute atomic E-state index is 0.202. The van der Waals surface area contributed by atoms with Gasteiger partial charge in [-0.25, -0.2) is 0 Å². The lowest BCUT2D eigenvalue weighted by Gasteiger charge is -2.61. The monoisotopic (exact) mass is 243 g/mol. The molecule has 2 unspecified atom stereocenters. The largest absolute Gasteiger partial charge is 0.298 e. The summed E-state index contributed by atoms with van der Waals surface area (Å²) in [4.78, 5) is 22.2. The Balaban J connectivity index is 1.88. The molecule has 4 aliphatic heterocycles. The van der Waals surface area contributed by atoms with E-state index in [1.807, 2.05) is 18.2 Å². The van der Waals surface area contributed by atoms with Gasteiger partial charge in [0.2, 0.25) is 0 Å². The summed E-state index contributed by atoms with van der Waals surface area (Å²) in [5.74, 6) is 0.404. The van der Waals surface area contributed by atoms with E-state index in [0.717, 1.165) is 38.5 Å². The van der Waals surface area contributed by atoms with Crippen LogP contribution >= 0.6 is 0 Å². The first-order valence-electron chi connectivity index (χ1n) is 6.54. The first kappa shape index (κ1) is 10.6. The maximum absolute atomic E-state index is 12.9. The van der Waals surface area contributed by atoms with Gasteiger partial charge in [-0.2, -0.15) is 0 Å². The first-order valence-corrected chi connectivity index (χ1v) is 6.54. The molecule has 4 heteroatoms. The van der Waals surface area contributed by atoms with Gasteiger partial charge in [-0.3, -0.25) is 19.6 Å². The van der Waals surface area contributed by atoms with Crippen LogP contribution in [-0.4, -0.2) is 53.4 Å². The Morgan fingerprint density at radius 2 is 1.89 bits per heavy atom. The Morgan fingerprint density at radius 1 is 1.17 bits per heavy atom. The highest BCUT2D eigenvalue weighted by atomic mass is 16.1. The summed E-state index contributed by atoms with van der Waals surface area (Å²) in [6.45, 7) is 6.64. The van der Waals surface area contributed by atoms with Gasteiger partial charge in [0.25, 0.3) is 0 Å². The van der Waals surface area contributed by atoms with E-state index in [0.29, 0.717) is 5.78 Å². The van der Waals surface area contributed by atoms with E-state index in [1.165, 1.54) is 0 Å². The van der Waals surface area contributed by atoms with Crippen molar-refractivity contribution in [1.29, 1.82) is 0 Å². The second-order valence-electron chi connectivity index (χ2n) is 6.30. The lowest BCUT2D eigenvalue weighted by Crippen LogP contribution is -2.77. The van der Waals surface area contributed by atoms with E-state index >= 15 is 0 Å². The molecule has 4 fully saturated rings. The van der Waals surface area contributed by atoms with Crippen molar-refractivity contribution in [3.05, 3.63) is 30.1 Å². The van der Waals surface area contributed by atoms with Gasteiger partial charge in [-0.1, -0.05) is 13.0 Å². The molecular formula is C14H17N3O. The highest BCUT2D eigenvalue weighted by molar-refractivity contribution is 5.97.